The van der Waals surface area contributed by atoms with Crippen LogP contribution in [0.15, 0.2) is 72.9 Å². The number of aromatic nitrogens is 1. The number of carboxylic acid groups (broad SMARTS) is 2. The van der Waals surface area contributed by atoms with E-state index < -0.39 is 30.1 Å². The van der Waals surface area contributed by atoms with Crippen molar-refractivity contribution in [1.82, 2.24) is 15.6 Å². The summed E-state index contributed by atoms with van der Waals surface area (Å²) in [4.78, 5) is 48.9. The average Bonchev–Trinajstić information content (AvgIpc) is 2.96. The molecule has 0 saturated heterocycles. The van der Waals surface area contributed by atoms with Crippen molar-refractivity contribution >= 4 is 41.2 Å². The molecule has 2 amide bonds. The van der Waals surface area contributed by atoms with Crippen molar-refractivity contribution in [2.75, 3.05) is 18.4 Å². The van der Waals surface area contributed by atoms with Gasteiger partial charge in [0.15, 0.2) is 0 Å². The molecule has 0 fully saturated rings. The molecule has 0 aliphatic rings. The molecule has 1 atom stereocenters. The summed E-state index contributed by atoms with van der Waals surface area (Å²) in [6, 6.07) is 19.6. The first-order valence-electron chi connectivity index (χ1n) is 12.9. The molecule has 1 unspecified atom stereocenters. The Labute approximate surface area is 250 Å². The van der Waals surface area contributed by atoms with Gasteiger partial charge in [-0.25, -0.2) is 9.78 Å². The average molecular weight is 623 g/mol. The molecular formula is C29H30ClF3N4O6. The monoisotopic (exact) mass is 622 g/mol. The number of unbranched alkanes of at least 4 members (excludes halogenated alkanes) is 1. The molecule has 0 bridgehead atoms. The highest BCUT2D eigenvalue weighted by Gasteiger charge is 2.38. The number of amides is 2. The number of aliphatic carboxylic acids is 2. The van der Waals surface area contributed by atoms with E-state index in [2.05, 4.69) is 20.9 Å². The highest BCUT2D eigenvalue weighted by Crippen LogP contribution is 2.25. The third kappa shape index (κ3) is 13.7. The van der Waals surface area contributed by atoms with Gasteiger partial charge in [0, 0.05) is 24.2 Å². The number of nitrogens with zero attached hydrogens (tertiary/aromatic N) is 1. The summed E-state index contributed by atoms with van der Waals surface area (Å²) < 4.78 is 31.7. The lowest BCUT2D eigenvalue weighted by Gasteiger charge is -2.18. The molecule has 1 heterocycles. The van der Waals surface area contributed by atoms with Crippen molar-refractivity contribution in [3.63, 3.8) is 0 Å². The van der Waals surface area contributed by atoms with Crippen molar-refractivity contribution in [3.05, 3.63) is 83.5 Å². The first-order valence-corrected chi connectivity index (χ1v) is 13.3. The minimum absolute atomic E-state index is 0.221. The largest absolute Gasteiger partial charge is 0.490 e. The number of nitrogens with one attached hydrogen (secondary N) is 3. The maximum atomic E-state index is 12.4. The number of carboxylic acids is 2. The van der Waals surface area contributed by atoms with Crippen LogP contribution in [0.5, 0.6) is 0 Å². The highest BCUT2D eigenvalue weighted by molar-refractivity contribution is 6.30. The Morgan fingerprint density at radius 1 is 0.884 bits per heavy atom. The minimum atomic E-state index is -5.08. The lowest BCUT2D eigenvalue weighted by atomic mass is 9.99. The van der Waals surface area contributed by atoms with Crippen LogP contribution in [0.4, 0.5) is 19.0 Å². The van der Waals surface area contributed by atoms with Crippen LogP contribution in [-0.2, 0) is 19.2 Å². The number of carbonyl (C=O) groups excluding carboxylic acids is 2. The normalized spacial score (nSPS) is 11.3. The lowest BCUT2D eigenvalue weighted by molar-refractivity contribution is -0.192. The number of halogens is 4. The molecule has 3 rings (SSSR count). The number of pyridine rings is 1. The topological polar surface area (TPSA) is 158 Å². The molecule has 230 valence electrons. The van der Waals surface area contributed by atoms with Gasteiger partial charge in [0.25, 0.3) is 0 Å². The summed E-state index contributed by atoms with van der Waals surface area (Å²) >= 11 is 6.06. The van der Waals surface area contributed by atoms with Crippen molar-refractivity contribution in [2.24, 2.45) is 0 Å². The molecule has 0 spiro atoms. The van der Waals surface area contributed by atoms with Gasteiger partial charge in [-0.05, 0) is 53.8 Å². The lowest BCUT2D eigenvalue weighted by Crippen LogP contribution is -2.39. The van der Waals surface area contributed by atoms with Crippen LogP contribution in [0.25, 0.3) is 11.1 Å². The van der Waals surface area contributed by atoms with Gasteiger partial charge >= 0.3 is 18.1 Å². The Morgan fingerprint density at radius 3 is 2.16 bits per heavy atom. The fourth-order valence-electron chi connectivity index (χ4n) is 3.61. The number of hydrogen-bond acceptors (Lipinski definition) is 6. The Bertz CT molecular complexity index is 1360. The molecule has 14 heteroatoms. The maximum absolute atomic E-state index is 12.4. The summed E-state index contributed by atoms with van der Waals surface area (Å²) in [5, 5.41) is 25.5. The van der Waals surface area contributed by atoms with Crippen LogP contribution in [0.3, 0.4) is 0 Å². The zero-order valence-electron chi connectivity index (χ0n) is 22.7. The molecule has 1 aromatic heterocycles. The van der Waals surface area contributed by atoms with E-state index >= 15 is 0 Å². The van der Waals surface area contributed by atoms with Crippen molar-refractivity contribution in [2.45, 2.75) is 37.9 Å². The molecule has 0 saturated carbocycles. The zero-order valence-corrected chi connectivity index (χ0v) is 23.5. The number of carbonyl (C=O) groups is 4. The van der Waals surface area contributed by atoms with Crippen LogP contribution in [0, 0.1) is 0 Å². The van der Waals surface area contributed by atoms with Crippen LogP contribution < -0.4 is 16.0 Å². The fraction of sp³-hybridized carbons (Fsp3) is 0.276. The highest BCUT2D eigenvalue weighted by atomic mass is 35.5. The van der Waals surface area contributed by atoms with Crippen LogP contribution in [0.1, 0.15) is 37.3 Å². The summed E-state index contributed by atoms with van der Waals surface area (Å²) in [6.07, 6.45) is -1.92. The fourth-order valence-corrected chi connectivity index (χ4v) is 3.80. The Balaban J connectivity index is 0.000000821. The van der Waals surface area contributed by atoms with Gasteiger partial charge in [0.05, 0.1) is 19.0 Å². The molecule has 43 heavy (non-hydrogen) atoms. The standard InChI is InChI=1S/C27H29ClN4O4.C2HF3O2/c28-22-7-5-6-21(16-22)19-10-12-20(13-11-19)23(17-27(35)36)32-26(34)18-31-25(33)9-2-4-15-30-24-8-1-3-14-29-24;3-2(4,5)1(6)7/h1,3,5-8,10-14,16,23H,2,4,9,15,17-18H2,(H,29,30)(H,31,33)(H,32,34)(H,35,36);(H,6,7). The quantitative estimate of drug-likeness (QED) is 0.165. The first-order chi connectivity index (χ1) is 20.3. The molecule has 5 N–H and O–H groups in total. The predicted octanol–water partition coefficient (Wildman–Crippen LogP) is 5.07. The van der Waals surface area contributed by atoms with E-state index in [0.717, 1.165) is 23.4 Å². The molecule has 2 aromatic carbocycles. The van der Waals surface area contributed by atoms with E-state index in [1.54, 1.807) is 24.4 Å². The zero-order chi connectivity index (χ0) is 31.8. The van der Waals surface area contributed by atoms with Gasteiger partial charge in [-0.2, -0.15) is 13.2 Å². The van der Waals surface area contributed by atoms with Crippen molar-refractivity contribution in [1.29, 1.82) is 0 Å². The van der Waals surface area contributed by atoms with Gasteiger partial charge in [-0.1, -0.05) is 54.1 Å². The van der Waals surface area contributed by atoms with Gasteiger partial charge in [0.2, 0.25) is 11.8 Å². The molecule has 0 aliphatic heterocycles. The van der Waals surface area contributed by atoms with Crippen LogP contribution >= 0.6 is 11.6 Å². The summed E-state index contributed by atoms with van der Waals surface area (Å²) in [5.41, 5.74) is 2.51. The second-order valence-electron chi connectivity index (χ2n) is 9.03. The SMILES string of the molecule is O=C(O)C(F)(F)F.O=C(O)CC(NC(=O)CNC(=O)CCCCNc1ccccn1)c1ccc(-c2cccc(Cl)c2)cc1. The summed E-state index contributed by atoms with van der Waals surface area (Å²) in [6.45, 7) is 0.472. The van der Waals surface area contributed by atoms with Gasteiger partial charge < -0.3 is 26.2 Å². The molecule has 0 radical (unpaired) electrons. The second kappa shape index (κ2) is 17.3. The number of anilines is 1. The Morgan fingerprint density at radius 2 is 1.58 bits per heavy atom. The van der Waals surface area contributed by atoms with E-state index in [4.69, 9.17) is 21.5 Å². The second-order valence-corrected chi connectivity index (χ2v) is 9.47. The van der Waals surface area contributed by atoms with Gasteiger partial charge in [-0.3, -0.25) is 14.4 Å². The Hall–Kier alpha value is -4.65. The number of hydrogen-bond donors (Lipinski definition) is 5. The van der Waals surface area contributed by atoms with E-state index in [-0.39, 0.29) is 18.9 Å². The number of alkyl halides is 3. The smallest absolute Gasteiger partial charge is 0.481 e. The van der Waals surface area contributed by atoms with E-state index in [0.29, 0.717) is 30.0 Å². The summed E-state index contributed by atoms with van der Waals surface area (Å²) in [7, 11) is 0. The molecule has 10 nitrogen and oxygen atoms in total. The molecule has 3 aromatic rings. The predicted molar refractivity (Wildman–Crippen MR) is 153 cm³/mol. The third-order valence-electron chi connectivity index (χ3n) is 5.68. The van der Waals surface area contributed by atoms with E-state index in [1.165, 1.54) is 0 Å². The number of rotatable bonds is 13. The van der Waals surface area contributed by atoms with Gasteiger partial charge in [0.1, 0.15) is 5.82 Å². The maximum Gasteiger partial charge on any atom is 0.490 e. The minimum Gasteiger partial charge on any atom is -0.481 e. The van der Waals surface area contributed by atoms with E-state index in [1.807, 2.05) is 48.5 Å². The van der Waals surface area contributed by atoms with Crippen LogP contribution in [-0.4, -0.2) is 58.2 Å². The summed E-state index contributed by atoms with van der Waals surface area (Å²) in [5.74, 6) is -3.70. The van der Waals surface area contributed by atoms with E-state index in [9.17, 15) is 32.7 Å². The van der Waals surface area contributed by atoms with Crippen LogP contribution in [0.2, 0.25) is 5.02 Å². The number of benzene rings is 2. The Kier molecular flexibility index (Phi) is 13.9. The third-order valence-corrected chi connectivity index (χ3v) is 5.91. The van der Waals surface area contributed by atoms with Crippen molar-refractivity contribution in [3.8, 4) is 11.1 Å². The molecule has 0 aliphatic carbocycles. The van der Waals surface area contributed by atoms with Gasteiger partial charge in [-0.15, -0.1) is 0 Å². The molecular weight excluding hydrogens is 593 g/mol. The van der Waals surface area contributed by atoms with Crippen molar-refractivity contribution < 1.29 is 42.6 Å². The first kappa shape index (κ1) is 34.6.